The number of hydrogen-bond donors (Lipinski definition) is 3. The number of hydrogen-bond acceptors (Lipinski definition) is 5. The van der Waals surface area contributed by atoms with E-state index >= 15 is 0 Å². The molecule has 31 heavy (non-hydrogen) atoms. The predicted octanol–water partition coefficient (Wildman–Crippen LogP) is 4.13. The van der Waals surface area contributed by atoms with Gasteiger partial charge in [0.1, 0.15) is 5.60 Å². The Balaban J connectivity index is 0.00000480. The number of carbonyl (C=O) groups is 2. The Morgan fingerprint density at radius 1 is 1.10 bits per heavy atom. The van der Waals surface area contributed by atoms with Gasteiger partial charge in [0, 0.05) is 28.9 Å². The van der Waals surface area contributed by atoms with Crippen LogP contribution < -0.4 is 10.6 Å². The van der Waals surface area contributed by atoms with Gasteiger partial charge in [0.15, 0.2) is 0 Å². The molecule has 0 saturated heterocycles. The summed E-state index contributed by atoms with van der Waals surface area (Å²) in [5, 5.41) is 24.1. The normalized spacial score (nSPS) is 12.7. The Morgan fingerprint density at radius 2 is 1.68 bits per heavy atom. The lowest BCUT2D eigenvalue weighted by atomic mass is 10.1. The van der Waals surface area contributed by atoms with E-state index in [-0.39, 0.29) is 30.8 Å². The van der Waals surface area contributed by atoms with Gasteiger partial charge in [0.05, 0.1) is 17.2 Å². The molecule has 2 aromatic carbocycles. The van der Waals surface area contributed by atoms with Crippen molar-refractivity contribution in [1.82, 2.24) is 0 Å². The monoisotopic (exact) mass is 471 g/mol. The van der Waals surface area contributed by atoms with Crippen molar-refractivity contribution >= 4 is 48.4 Å². The highest BCUT2D eigenvalue weighted by Gasteiger charge is 2.35. The van der Waals surface area contributed by atoms with Crippen LogP contribution in [0.3, 0.4) is 0 Å². The minimum atomic E-state index is -4.76. The van der Waals surface area contributed by atoms with Crippen molar-refractivity contribution in [3.8, 4) is 6.07 Å². The van der Waals surface area contributed by atoms with E-state index in [1.165, 1.54) is 19.9 Å². The zero-order valence-corrected chi connectivity index (χ0v) is 18.3. The molecule has 0 aliphatic rings. The summed E-state index contributed by atoms with van der Waals surface area (Å²) in [6, 6.07) is 10.9. The molecule has 0 aromatic heterocycles. The summed E-state index contributed by atoms with van der Waals surface area (Å²) in [5.74, 6) is -1.17. The van der Waals surface area contributed by atoms with Crippen molar-refractivity contribution in [2.45, 2.75) is 30.5 Å². The van der Waals surface area contributed by atoms with Gasteiger partial charge in [-0.2, -0.15) is 31.9 Å². The molecule has 11 heteroatoms. The predicted molar refractivity (Wildman–Crippen MR) is 117 cm³/mol. The van der Waals surface area contributed by atoms with Crippen LogP contribution in [-0.4, -0.2) is 28.3 Å². The third kappa shape index (κ3) is 7.50. The maximum Gasteiger partial charge on any atom is 0.417 e. The maximum absolute atomic E-state index is 13.1. The summed E-state index contributed by atoms with van der Waals surface area (Å²) in [6.07, 6.45) is -4.76. The Labute approximate surface area is 188 Å². The minimum Gasteiger partial charge on any atom is -0.379 e. The van der Waals surface area contributed by atoms with E-state index in [9.17, 15) is 27.9 Å². The second-order valence-electron chi connectivity index (χ2n) is 6.59. The molecule has 0 bridgehead atoms. The van der Waals surface area contributed by atoms with Gasteiger partial charge in [-0.25, -0.2) is 0 Å². The zero-order valence-electron chi connectivity index (χ0n) is 16.5. The van der Waals surface area contributed by atoms with Gasteiger partial charge < -0.3 is 15.7 Å². The van der Waals surface area contributed by atoms with E-state index in [0.29, 0.717) is 11.8 Å². The molecule has 0 spiro atoms. The van der Waals surface area contributed by atoms with Crippen molar-refractivity contribution in [3.63, 3.8) is 0 Å². The summed E-state index contributed by atoms with van der Waals surface area (Å²) < 4.78 is 39.2. The number of amides is 2. The lowest BCUT2D eigenvalue weighted by Gasteiger charge is -2.22. The van der Waals surface area contributed by atoms with Crippen LogP contribution in [0, 0.1) is 11.3 Å². The first-order chi connectivity index (χ1) is 13.9. The van der Waals surface area contributed by atoms with Crippen LogP contribution in [0.25, 0.3) is 0 Å². The Hall–Kier alpha value is -2.68. The molecule has 166 valence electrons. The molecule has 2 rings (SSSR count). The second kappa shape index (κ2) is 10.6. The fourth-order valence-corrected chi connectivity index (χ4v) is 3.25. The van der Waals surface area contributed by atoms with Crippen molar-refractivity contribution in [3.05, 3.63) is 53.6 Å². The van der Waals surface area contributed by atoms with E-state index < -0.39 is 28.8 Å². The molecule has 0 radical (unpaired) electrons. The van der Waals surface area contributed by atoms with E-state index in [0.717, 1.165) is 28.8 Å². The number of nitrogens with zero attached hydrogens (tertiary/aromatic N) is 1. The zero-order chi connectivity index (χ0) is 22.5. The molecule has 0 fully saturated rings. The molecule has 6 nitrogen and oxygen atoms in total. The summed E-state index contributed by atoms with van der Waals surface area (Å²) in [5.41, 5.74) is -3.21. The number of rotatable bonds is 6. The highest BCUT2D eigenvalue weighted by Crippen LogP contribution is 2.34. The number of thioether (sulfide) groups is 1. The van der Waals surface area contributed by atoms with Crippen LogP contribution in [-0.2, 0) is 15.8 Å². The van der Waals surface area contributed by atoms with Crippen LogP contribution in [0.2, 0.25) is 0 Å². The molecular weight excluding hydrogens is 451 g/mol. The molecule has 0 aliphatic carbocycles. The third-order valence-corrected chi connectivity index (χ3v) is 5.20. The van der Waals surface area contributed by atoms with Crippen molar-refractivity contribution < 1.29 is 27.9 Å². The van der Waals surface area contributed by atoms with E-state index in [1.807, 2.05) is 0 Å². The number of benzene rings is 2. The van der Waals surface area contributed by atoms with Crippen molar-refractivity contribution in [2.24, 2.45) is 0 Å². The average molecular weight is 472 g/mol. The largest absolute Gasteiger partial charge is 0.417 e. The van der Waals surface area contributed by atoms with Crippen LogP contribution >= 0.6 is 25.3 Å². The minimum absolute atomic E-state index is 0. The number of halogens is 3. The van der Waals surface area contributed by atoms with Crippen LogP contribution in [0.5, 0.6) is 0 Å². The first-order valence-corrected chi connectivity index (χ1v) is 9.56. The lowest BCUT2D eigenvalue weighted by molar-refractivity contribution is -0.137. The third-order valence-electron chi connectivity index (χ3n) is 3.89. The summed E-state index contributed by atoms with van der Waals surface area (Å²) in [6.45, 7) is 2.62. The summed E-state index contributed by atoms with van der Waals surface area (Å²) in [7, 11) is 0. The molecule has 0 heterocycles. The number of anilines is 2. The standard InChI is InChI=1S/C20H18F3N3O3S.H2S/c1-12(27)25-14-5-7-16(8-6-14)30-11-19(2,29)18(28)26-15-4-3-13(10-24)17(9-15)20(21,22)23;/h3-9,29H,11H2,1-2H3,(H,25,27)(H,26,28);1H2/t19-;/m1./s1. The van der Waals surface area contributed by atoms with Crippen molar-refractivity contribution in [2.75, 3.05) is 16.4 Å². The highest BCUT2D eigenvalue weighted by molar-refractivity contribution is 7.99. The Kier molecular flexibility index (Phi) is 8.98. The van der Waals surface area contributed by atoms with Gasteiger partial charge in [0.25, 0.3) is 5.91 Å². The summed E-state index contributed by atoms with van der Waals surface area (Å²) in [4.78, 5) is 24.1. The molecule has 2 amide bonds. The number of nitrogens with one attached hydrogen (secondary N) is 2. The number of nitriles is 1. The summed E-state index contributed by atoms with van der Waals surface area (Å²) >= 11 is 1.16. The molecule has 0 aliphatic heterocycles. The molecule has 1 atom stereocenters. The fourth-order valence-electron chi connectivity index (χ4n) is 2.35. The van der Waals surface area contributed by atoms with Gasteiger partial charge in [-0.15, -0.1) is 11.8 Å². The van der Waals surface area contributed by atoms with E-state index in [4.69, 9.17) is 5.26 Å². The first kappa shape index (κ1) is 26.4. The van der Waals surface area contributed by atoms with E-state index in [1.54, 1.807) is 24.3 Å². The van der Waals surface area contributed by atoms with Crippen LogP contribution in [0.15, 0.2) is 47.4 Å². The fraction of sp³-hybridized carbons (Fsp3) is 0.250. The quantitative estimate of drug-likeness (QED) is 0.550. The van der Waals surface area contributed by atoms with Crippen LogP contribution in [0.4, 0.5) is 24.5 Å². The molecule has 2 aromatic rings. The van der Waals surface area contributed by atoms with E-state index in [2.05, 4.69) is 10.6 Å². The maximum atomic E-state index is 13.1. The van der Waals surface area contributed by atoms with Gasteiger partial charge in [-0.1, -0.05) is 0 Å². The van der Waals surface area contributed by atoms with Crippen LogP contribution in [0.1, 0.15) is 25.0 Å². The Morgan fingerprint density at radius 3 is 2.19 bits per heavy atom. The SMILES string of the molecule is CC(=O)Nc1ccc(SC[C@@](C)(O)C(=O)Nc2ccc(C#N)c(C(F)(F)F)c2)cc1.S. The molecular formula is C20H20F3N3O3S2. The molecule has 0 saturated carbocycles. The smallest absolute Gasteiger partial charge is 0.379 e. The number of aliphatic hydroxyl groups is 1. The lowest BCUT2D eigenvalue weighted by Crippen LogP contribution is -2.42. The number of carbonyl (C=O) groups excluding carboxylic acids is 2. The van der Waals surface area contributed by atoms with Gasteiger partial charge in [0.2, 0.25) is 5.91 Å². The highest BCUT2D eigenvalue weighted by atomic mass is 32.2. The van der Waals surface area contributed by atoms with Gasteiger partial charge in [-0.3, -0.25) is 9.59 Å². The number of alkyl halides is 3. The van der Waals surface area contributed by atoms with Gasteiger partial charge >= 0.3 is 6.18 Å². The average Bonchev–Trinajstić information content (AvgIpc) is 2.66. The second-order valence-corrected chi connectivity index (χ2v) is 7.64. The first-order valence-electron chi connectivity index (χ1n) is 8.58. The molecule has 0 unspecified atom stereocenters. The molecule has 3 N–H and O–H groups in total. The topological polar surface area (TPSA) is 102 Å². The Bertz CT molecular complexity index is 988. The van der Waals surface area contributed by atoms with Crippen molar-refractivity contribution in [1.29, 1.82) is 5.26 Å². The van der Waals surface area contributed by atoms with Gasteiger partial charge in [-0.05, 0) is 49.4 Å².